The van der Waals surface area contributed by atoms with Gasteiger partial charge >= 0.3 is 0 Å². The number of hydrogen-bond donors (Lipinski definition) is 1. The lowest BCUT2D eigenvalue weighted by Gasteiger charge is -2.16. The maximum Gasteiger partial charge on any atom is 0.0454 e. The molecular weight excluding hydrogens is 194 g/mol. The second kappa shape index (κ2) is 5.70. The molecule has 1 nitrogen and oxygen atoms in total. The van der Waals surface area contributed by atoms with Gasteiger partial charge in [0.25, 0.3) is 0 Å². The second-order valence-electron chi connectivity index (χ2n) is 3.04. The molecule has 0 aliphatic rings. The van der Waals surface area contributed by atoms with Crippen LogP contribution in [0.4, 0.5) is 0 Å². The molecule has 14 heavy (non-hydrogen) atoms. The van der Waals surface area contributed by atoms with Crippen LogP contribution in [-0.4, -0.2) is 6.54 Å². The molecule has 1 aromatic carbocycles. The Bertz CT molecular complexity index is 327. The van der Waals surface area contributed by atoms with Gasteiger partial charge in [-0.05, 0) is 18.2 Å². The lowest BCUT2D eigenvalue weighted by atomic mass is 10.0. The Hall–Kier alpha value is -0.970. The van der Waals surface area contributed by atoms with E-state index in [1.54, 1.807) is 0 Å². The highest BCUT2D eigenvalue weighted by atomic mass is 35.5. The minimum atomic E-state index is 0.165. The topological polar surface area (TPSA) is 12.0 Å². The van der Waals surface area contributed by atoms with Crippen molar-refractivity contribution in [2.24, 2.45) is 0 Å². The molecule has 0 amide bonds. The van der Waals surface area contributed by atoms with E-state index in [2.05, 4.69) is 18.2 Å². The summed E-state index contributed by atoms with van der Waals surface area (Å²) in [4.78, 5) is 0. The van der Waals surface area contributed by atoms with Crippen LogP contribution in [0.15, 0.2) is 24.3 Å². The number of rotatable bonds is 4. The zero-order valence-electron chi connectivity index (χ0n) is 8.26. The number of benzene rings is 1. The summed E-state index contributed by atoms with van der Waals surface area (Å²) in [5, 5.41) is 4.09. The summed E-state index contributed by atoms with van der Waals surface area (Å²) in [7, 11) is 0. The van der Waals surface area contributed by atoms with E-state index in [0.29, 0.717) is 6.42 Å². The van der Waals surface area contributed by atoms with Gasteiger partial charge in [0.15, 0.2) is 0 Å². The SMILES string of the molecule is C#CCC(NCC)c1ccccc1Cl. The van der Waals surface area contributed by atoms with Crippen molar-refractivity contribution in [1.29, 1.82) is 0 Å². The molecule has 0 saturated carbocycles. The summed E-state index contributed by atoms with van der Waals surface area (Å²) >= 11 is 6.08. The lowest BCUT2D eigenvalue weighted by Crippen LogP contribution is -2.20. The Labute approximate surface area is 90.5 Å². The predicted octanol–water partition coefficient (Wildman–Crippen LogP) is 3.01. The Morgan fingerprint density at radius 3 is 2.79 bits per heavy atom. The smallest absolute Gasteiger partial charge is 0.0454 e. The van der Waals surface area contributed by atoms with Gasteiger partial charge in [0, 0.05) is 17.5 Å². The molecule has 0 radical (unpaired) electrons. The molecule has 0 aliphatic heterocycles. The fraction of sp³-hybridized carbons (Fsp3) is 0.333. The fourth-order valence-electron chi connectivity index (χ4n) is 1.41. The monoisotopic (exact) mass is 207 g/mol. The van der Waals surface area contributed by atoms with Crippen LogP contribution in [0, 0.1) is 12.3 Å². The standard InChI is InChI=1S/C12H14ClN/c1-3-7-12(14-4-2)10-8-5-6-9-11(10)13/h1,5-6,8-9,12,14H,4,7H2,2H3. The van der Waals surface area contributed by atoms with Gasteiger partial charge in [-0.1, -0.05) is 36.7 Å². The highest BCUT2D eigenvalue weighted by molar-refractivity contribution is 6.31. The summed E-state index contributed by atoms with van der Waals surface area (Å²) in [6, 6.07) is 7.95. The Kier molecular flexibility index (Phi) is 4.52. The van der Waals surface area contributed by atoms with Gasteiger partial charge < -0.3 is 5.32 Å². The quantitative estimate of drug-likeness (QED) is 0.749. The first-order valence-corrected chi connectivity index (χ1v) is 5.08. The summed E-state index contributed by atoms with van der Waals surface area (Å²) < 4.78 is 0. The molecule has 0 fully saturated rings. The summed E-state index contributed by atoms with van der Waals surface area (Å²) in [6.45, 7) is 2.94. The van der Waals surface area contributed by atoms with E-state index in [9.17, 15) is 0 Å². The van der Waals surface area contributed by atoms with Crippen LogP contribution in [0.2, 0.25) is 5.02 Å². The highest BCUT2D eigenvalue weighted by Crippen LogP contribution is 2.24. The van der Waals surface area contributed by atoms with Crippen molar-refractivity contribution in [2.45, 2.75) is 19.4 Å². The van der Waals surface area contributed by atoms with E-state index in [0.717, 1.165) is 17.1 Å². The van der Waals surface area contributed by atoms with Crippen molar-refractivity contribution in [2.75, 3.05) is 6.54 Å². The molecule has 0 aliphatic carbocycles. The lowest BCUT2D eigenvalue weighted by molar-refractivity contribution is 0.565. The van der Waals surface area contributed by atoms with Gasteiger partial charge in [0.1, 0.15) is 0 Å². The molecule has 1 atom stereocenters. The van der Waals surface area contributed by atoms with Gasteiger partial charge in [-0.15, -0.1) is 12.3 Å². The first kappa shape index (κ1) is 11.1. The van der Waals surface area contributed by atoms with Gasteiger partial charge in [-0.25, -0.2) is 0 Å². The first-order valence-electron chi connectivity index (χ1n) is 4.70. The van der Waals surface area contributed by atoms with Crippen LogP contribution in [0.1, 0.15) is 24.9 Å². The molecule has 1 N–H and O–H groups in total. The number of halogens is 1. The Morgan fingerprint density at radius 2 is 2.21 bits per heavy atom. The van der Waals surface area contributed by atoms with Crippen LogP contribution < -0.4 is 5.32 Å². The molecule has 1 unspecified atom stereocenters. The third-order valence-corrected chi connectivity index (χ3v) is 2.40. The molecule has 2 heteroatoms. The first-order chi connectivity index (χ1) is 6.79. The molecule has 0 aromatic heterocycles. The van der Waals surface area contributed by atoms with Crippen molar-refractivity contribution in [3.63, 3.8) is 0 Å². The number of terminal acetylenes is 1. The maximum absolute atomic E-state index is 6.08. The largest absolute Gasteiger partial charge is 0.309 e. The van der Waals surface area contributed by atoms with E-state index in [4.69, 9.17) is 18.0 Å². The number of hydrogen-bond acceptors (Lipinski definition) is 1. The molecular formula is C12H14ClN. The van der Waals surface area contributed by atoms with Crippen molar-refractivity contribution in [3.8, 4) is 12.3 Å². The van der Waals surface area contributed by atoms with Crippen LogP contribution in [0.3, 0.4) is 0 Å². The zero-order valence-corrected chi connectivity index (χ0v) is 9.01. The Balaban J connectivity index is 2.88. The molecule has 0 bridgehead atoms. The van der Waals surface area contributed by atoms with Gasteiger partial charge in [-0.3, -0.25) is 0 Å². The normalized spacial score (nSPS) is 12.1. The molecule has 0 heterocycles. The zero-order chi connectivity index (χ0) is 10.4. The van der Waals surface area contributed by atoms with Crippen LogP contribution >= 0.6 is 11.6 Å². The van der Waals surface area contributed by atoms with Crippen LogP contribution in [-0.2, 0) is 0 Å². The van der Waals surface area contributed by atoms with Crippen molar-refractivity contribution < 1.29 is 0 Å². The second-order valence-corrected chi connectivity index (χ2v) is 3.45. The third kappa shape index (κ3) is 2.77. The predicted molar refractivity (Wildman–Crippen MR) is 61.3 cm³/mol. The molecule has 74 valence electrons. The van der Waals surface area contributed by atoms with E-state index in [1.165, 1.54) is 0 Å². The summed E-state index contributed by atoms with van der Waals surface area (Å²) in [6.07, 6.45) is 5.98. The van der Waals surface area contributed by atoms with E-state index in [1.807, 2.05) is 24.3 Å². The Morgan fingerprint density at radius 1 is 1.50 bits per heavy atom. The maximum atomic E-state index is 6.08. The molecule has 0 spiro atoms. The van der Waals surface area contributed by atoms with E-state index >= 15 is 0 Å². The highest BCUT2D eigenvalue weighted by Gasteiger charge is 2.11. The average Bonchev–Trinajstić information content (AvgIpc) is 2.18. The molecule has 1 rings (SSSR count). The van der Waals surface area contributed by atoms with Gasteiger partial charge in [0.05, 0.1) is 0 Å². The molecule has 1 aromatic rings. The minimum absolute atomic E-state index is 0.165. The molecule has 0 saturated heterocycles. The van der Waals surface area contributed by atoms with Crippen molar-refractivity contribution >= 4 is 11.6 Å². The van der Waals surface area contributed by atoms with Crippen LogP contribution in [0.25, 0.3) is 0 Å². The van der Waals surface area contributed by atoms with Gasteiger partial charge in [0.2, 0.25) is 0 Å². The third-order valence-electron chi connectivity index (χ3n) is 2.05. The van der Waals surface area contributed by atoms with Gasteiger partial charge in [-0.2, -0.15) is 0 Å². The van der Waals surface area contributed by atoms with Crippen molar-refractivity contribution in [1.82, 2.24) is 5.32 Å². The number of nitrogens with one attached hydrogen (secondary N) is 1. The average molecular weight is 208 g/mol. The van der Waals surface area contributed by atoms with E-state index < -0.39 is 0 Å². The summed E-state index contributed by atoms with van der Waals surface area (Å²) in [5.74, 6) is 2.66. The van der Waals surface area contributed by atoms with Crippen LogP contribution in [0.5, 0.6) is 0 Å². The minimum Gasteiger partial charge on any atom is -0.309 e. The van der Waals surface area contributed by atoms with E-state index in [-0.39, 0.29) is 6.04 Å². The summed E-state index contributed by atoms with van der Waals surface area (Å²) in [5.41, 5.74) is 1.08. The van der Waals surface area contributed by atoms with Crippen molar-refractivity contribution in [3.05, 3.63) is 34.9 Å². The fourth-order valence-corrected chi connectivity index (χ4v) is 1.68.